The van der Waals surface area contributed by atoms with E-state index in [-0.39, 0.29) is 12.5 Å². The number of hydrogen-bond acceptors (Lipinski definition) is 5. The van der Waals surface area contributed by atoms with Crippen molar-refractivity contribution in [2.24, 2.45) is 0 Å². The highest BCUT2D eigenvalue weighted by atomic mass is 16.5. The van der Waals surface area contributed by atoms with Gasteiger partial charge in [0.15, 0.2) is 5.82 Å². The van der Waals surface area contributed by atoms with Crippen LogP contribution in [-0.2, 0) is 17.8 Å². The SMILES string of the molecule is CCCCc1noc(CN(CC)C(C)CC(=O)O)n1. The summed E-state index contributed by atoms with van der Waals surface area (Å²) in [6, 6.07) is -0.0477. The van der Waals surface area contributed by atoms with Crippen molar-refractivity contribution in [1.82, 2.24) is 15.0 Å². The van der Waals surface area contributed by atoms with Crippen LogP contribution in [0, 0.1) is 0 Å². The average Bonchev–Trinajstić information content (AvgIpc) is 2.80. The summed E-state index contributed by atoms with van der Waals surface area (Å²) in [6.07, 6.45) is 3.09. The molecule has 1 N–H and O–H groups in total. The van der Waals surface area contributed by atoms with Gasteiger partial charge in [0.1, 0.15) is 0 Å². The van der Waals surface area contributed by atoms with Crippen LogP contribution in [0.5, 0.6) is 0 Å². The maximum Gasteiger partial charge on any atom is 0.304 e. The lowest BCUT2D eigenvalue weighted by Crippen LogP contribution is -2.34. The molecule has 0 fully saturated rings. The minimum atomic E-state index is -0.792. The van der Waals surface area contributed by atoms with Gasteiger partial charge in [0.25, 0.3) is 0 Å². The summed E-state index contributed by atoms with van der Waals surface area (Å²) < 4.78 is 5.20. The first-order chi connectivity index (χ1) is 9.06. The Morgan fingerprint density at radius 2 is 2.21 bits per heavy atom. The Kier molecular flexibility index (Phi) is 6.49. The van der Waals surface area contributed by atoms with E-state index in [1.807, 2.05) is 18.7 Å². The van der Waals surface area contributed by atoms with Crippen molar-refractivity contribution in [2.45, 2.75) is 59.0 Å². The molecule has 1 heterocycles. The predicted molar refractivity (Wildman–Crippen MR) is 70.7 cm³/mol. The molecule has 6 nitrogen and oxygen atoms in total. The number of aryl methyl sites for hydroxylation is 1. The summed E-state index contributed by atoms with van der Waals surface area (Å²) in [5.74, 6) is 0.504. The van der Waals surface area contributed by atoms with Gasteiger partial charge in [0.05, 0.1) is 13.0 Å². The molecule has 0 amide bonds. The lowest BCUT2D eigenvalue weighted by Gasteiger charge is -2.24. The zero-order valence-electron chi connectivity index (χ0n) is 11.9. The van der Waals surface area contributed by atoms with Crippen LogP contribution in [0.1, 0.15) is 51.7 Å². The van der Waals surface area contributed by atoms with Gasteiger partial charge >= 0.3 is 5.97 Å². The van der Waals surface area contributed by atoms with E-state index in [4.69, 9.17) is 9.63 Å². The number of carboxylic acids is 1. The highest BCUT2D eigenvalue weighted by Gasteiger charge is 2.18. The number of carbonyl (C=O) groups is 1. The lowest BCUT2D eigenvalue weighted by atomic mass is 10.2. The molecule has 0 aliphatic rings. The van der Waals surface area contributed by atoms with Gasteiger partial charge < -0.3 is 9.63 Å². The van der Waals surface area contributed by atoms with Crippen molar-refractivity contribution in [2.75, 3.05) is 6.54 Å². The molecule has 0 saturated carbocycles. The fourth-order valence-electron chi connectivity index (χ4n) is 1.93. The zero-order valence-corrected chi connectivity index (χ0v) is 11.9. The van der Waals surface area contributed by atoms with Crippen molar-refractivity contribution >= 4 is 5.97 Å². The number of aromatic nitrogens is 2. The molecule has 1 aromatic rings. The van der Waals surface area contributed by atoms with Crippen molar-refractivity contribution in [3.63, 3.8) is 0 Å². The number of unbranched alkanes of at least 4 members (excludes halogenated alkanes) is 1. The van der Waals surface area contributed by atoms with Gasteiger partial charge in [0, 0.05) is 12.5 Å². The second-order valence-corrected chi connectivity index (χ2v) is 4.72. The number of nitrogens with zero attached hydrogens (tertiary/aromatic N) is 3. The molecular weight excluding hydrogens is 246 g/mol. The lowest BCUT2D eigenvalue weighted by molar-refractivity contribution is -0.138. The molecule has 0 saturated heterocycles. The summed E-state index contributed by atoms with van der Waals surface area (Å²) in [4.78, 5) is 17.1. The van der Waals surface area contributed by atoms with Gasteiger partial charge in [-0.2, -0.15) is 4.98 Å². The first-order valence-corrected chi connectivity index (χ1v) is 6.84. The Labute approximate surface area is 113 Å². The third kappa shape index (κ3) is 5.38. The van der Waals surface area contributed by atoms with E-state index >= 15 is 0 Å². The maximum absolute atomic E-state index is 10.7. The molecule has 0 aliphatic carbocycles. The molecule has 0 aromatic carbocycles. The van der Waals surface area contributed by atoms with Crippen molar-refractivity contribution in [3.8, 4) is 0 Å². The van der Waals surface area contributed by atoms with Crippen molar-refractivity contribution in [3.05, 3.63) is 11.7 Å². The second-order valence-electron chi connectivity index (χ2n) is 4.72. The third-order valence-electron chi connectivity index (χ3n) is 3.10. The topological polar surface area (TPSA) is 79.5 Å². The Hall–Kier alpha value is -1.43. The number of rotatable bonds is 9. The largest absolute Gasteiger partial charge is 0.481 e. The molecule has 6 heteroatoms. The Balaban J connectivity index is 2.55. The Morgan fingerprint density at radius 3 is 2.79 bits per heavy atom. The molecular formula is C13H23N3O3. The molecule has 1 aromatic heterocycles. The molecule has 1 unspecified atom stereocenters. The van der Waals surface area contributed by atoms with E-state index in [1.54, 1.807) is 0 Å². The molecule has 0 bridgehead atoms. The van der Waals surface area contributed by atoms with Crippen LogP contribution in [0.15, 0.2) is 4.52 Å². The van der Waals surface area contributed by atoms with E-state index in [2.05, 4.69) is 17.1 Å². The van der Waals surface area contributed by atoms with E-state index in [9.17, 15) is 4.79 Å². The average molecular weight is 269 g/mol. The summed E-state index contributed by atoms with van der Waals surface area (Å²) in [5.41, 5.74) is 0. The molecule has 1 rings (SSSR count). The highest BCUT2D eigenvalue weighted by molar-refractivity contribution is 5.67. The molecule has 0 spiro atoms. The van der Waals surface area contributed by atoms with E-state index in [0.717, 1.165) is 31.6 Å². The minimum Gasteiger partial charge on any atom is -0.481 e. The second kappa shape index (κ2) is 7.89. The number of aliphatic carboxylic acids is 1. The fourth-order valence-corrected chi connectivity index (χ4v) is 1.93. The van der Waals surface area contributed by atoms with Crippen LogP contribution in [0.3, 0.4) is 0 Å². The van der Waals surface area contributed by atoms with E-state index in [0.29, 0.717) is 12.4 Å². The third-order valence-corrected chi connectivity index (χ3v) is 3.10. The monoisotopic (exact) mass is 269 g/mol. The smallest absolute Gasteiger partial charge is 0.304 e. The Morgan fingerprint density at radius 1 is 1.47 bits per heavy atom. The molecule has 19 heavy (non-hydrogen) atoms. The summed E-state index contributed by atoms with van der Waals surface area (Å²) in [7, 11) is 0. The van der Waals surface area contributed by atoms with Crippen LogP contribution in [0.25, 0.3) is 0 Å². The van der Waals surface area contributed by atoms with Crippen LogP contribution in [0.4, 0.5) is 0 Å². The van der Waals surface area contributed by atoms with Gasteiger partial charge in [0.2, 0.25) is 5.89 Å². The minimum absolute atomic E-state index is 0.0477. The van der Waals surface area contributed by atoms with Crippen LogP contribution < -0.4 is 0 Å². The van der Waals surface area contributed by atoms with E-state index < -0.39 is 5.97 Å². The quantitative estimate of drug-likeness (QED) is 0.739. The van der Waals surface area contributed by atoms with Crippen LogP contribution >= 0.6 is 0 Å². The fraction of sp³-hybridized carbons (Fsp3) is 0.769. The van der Waals surface area contributed by atoms with Gasteiger partial charge in [-0.1, -0.05) is 25.4 Å². The molecule has 0 radical (unpaired) electrons. The first-order valence-electron chi connectivity index (χ1n) is 6.84. The maximum atomic E-state index is 10.7. The molecule has 0 aliphatic heterocycles. The van der Waals surface area contributed by atoms with E-state index in [1.165, 1.54) is 0 Å². The number of hydrogen-bond donors (Lipinski definition) is 1. The predicted octanol–water partition coefficient (Wildman–Crippen LogP) is 2.10. The van der Waals surface area contributed by atoms with Crippen molar-refractivity contribution < 1.29 is 14.4 Å². The van der Waals surface area contributed by atoms with Crippen LogP contribution in [0.2, 0.25) is 0 Å². The summed E-state index contributed by atoms with van der Waals surface area (Å²) >= 11 is 0. The summed E-state index contributed by atoms with van der Waals surface area (Å²) in [6.45, 7) is 7.26. The highest BCUT2D eigenvalue weighted by Crippen LogP contribution is 2.10. The van der Waals surface area contributed by atoms with Gasteiger partial charge in [-0.05, 0) is 19.9 Å². The number of carboxylic acid groups (broad SMARTS) is 1. The first kappa shape index (κ1) is 15.6. The van der Waals surface area contributed by atoms with Gasteiger partial charge in [-0.25, -0.2) is 0 Å². The standard InChI is InChI=1S/C13H23N3O3/c1-4-6-7-11-14-12(19-15-11)9-16(5-2)10(3)8-13(17)18/h10H,4-9H2,1-3H3,(H,17,18). The molecule has 1 atom stereocenters. The zero-order chi connectivity index (χ0) is 14.3. The van der Waals surface area contributed by atoms with Gasteiger partial charge in [-0.15, -0.1) is 0 Å². The van der Waals surface area contributed by atoms with Crippen LogP contribution in [-0.4, -0.2) is 38.7 Å². The summed E-state index contributed by atoms with van der Waals surface area (Å²) in [5, 5.41) is 12.7. The van der Waals surface area contributed by atoms with Gasteiger partial charge in [-0.3, -0.25) is 9.69 Å². The Bertz CT molecular complexity index is 392. The molecule has 108 valence electrons. The van der Waals surface area contributed by atoms with Crippen molar-refractivity contribution in [1.29, 1.82) is 0 Å². The normalized spacial score (nSPS) is 12.8.